The third kappa shape index (κ3) is 6.93. The van der Waals surface area contributed by atoms with E-state index < -0.39 is 5.97 Å². The number of rotatable bonds is 9. The Hall–Kier alpha value is -2.66. The summed E-state index contributed by atoms with van der Waals surface area (Å²) >= 11 is 0. The van der Waals surface area contributed by atoms with Crippen LogP contribution in [0.4, 0.5) is 5.69 Å². The number of carbonyl (C=O) groups is 2. The zero-order chi connectivity index (χ0) is 22.1. The summed E-state index contributed by atoms with van der Waals surface area (Å²) < 4.78 is 4.98. The van der Waals surface area contributed by atoms with E-state index in [1.165, 1.54) is 18.4 Å². The molecule has 2 aromatic carbocycles. The highest BCUT2D eigenvalue weighted by atomic mass is 16.5. The molecule has 0 N–H and O–H groups in total. The van der Waals surface area contributed by atoms with Crippen LogP contribution < -0.4 is 4.90 Å². The molecule has 0 aromatic heterocycles. The second kappa shape index (κ2) is 11.7. The Kier molecular flexibility index (Phi) is 8.65. The lowest BCUT2D eigenvalue weighted by Crippen LogP contribution is -2.48. The fourth-order valence-corrected chi connectivity index (χ4v) is 4.32. The SMILES string of the molecule is CCOC(=O)CC(=O)N(CC(C)N1CCC(Cc2ccccc2)CC1)c1ccccc1. The molecule has 1 fully saturated rings. The van der Waals surface area contributed by atoms with Crippen LogP contribution in [-0.4, -0.2) is 49.1 Å². The summed E-state index contributed by atoms with van der Waals surface area (Å²) in [7, 11) is 0. The summed E-state index contributed by atoms with van der Waals surface area (Å²) in [6.07, 6.45) is 3.24. The highest BCUT2D eigenvalue weighted by molar-refractivity contribution is 6.03. The van der Waals surface area contributed by atoms with Gasteiger partial charge in [0.2, 0.25) is 5.91 Å². The first-order valence-electron chi connectivity index (χ1n) is 11.4. The normalized spacial score (nSPS) is 15.9. The summed E-state index contributed by atoms with van der Waals surface area (Å²) in [5.41, 5.74) is 2.23. The van der Waals surface area contributed by atoms with E-state index in [0.717, 1.165) is 25.2 Å². The van der Waals surface area contributed by atoms with Crippen LogP contribution >= 0.6 is 0 Å². The topological polar surface area (TPSA) is 49.9 Å². The largest absolute Gasteiger partial charge is 0.466 e. The minimum absolute atomic E-state index is 0.212. The van der Waals surface area contributed by atoms with Gasteiger partial charge in [0.05, 0.1) is 6.61 Å². The number of hydrogen-bond donors (Lipinski definition) is 0. The molecule has 5 nitrogen and oxygen atoms in total. The number of benzene rings is 2. The van der Waals surface area contributed by atoms with Crippen LogP contribution in [0.1, 0.15) is 38.7 Å². The fraction of sp³-hybridized carbons (Fsp3) is 0.462. The average molecular weight is 423 g/mol. The van der Waals surface area contributed by atoms with Crippen molar-refractivity contribution < 1.29 is 14.3 Å². The molecule has 1 saturated heterocycles. The smallest absolute Gasteiger partial charge is 0.315 e. The molecule has 166 valence electrons. The van der Waals surface area contributed by atoms with Crippen molar-refractivity contribution in [1.29, 1.82) is 0 Å². The molecular weight excluding hydrogens is 388 g/mol. The Morgan fingerprint density at radius 1 is 1.03 bits per heavy atom. The van der Waals surface area contributed by atoms with Gasteiger partial charge < -0.3 is 9.64 Å². The van der Waals surface area contributed by atoms with Gasteiger partial charge in [0.15, 0.2) is 0 Å². The number of ether oxygens (including phenoxy) is 1. The average Bonchev–Trinajstić information content (AvgIpc) is 2.79. The lowest BCUT2D eigenvalue weighted by Gasteiger charge is -2.38. The monoisotopic (exact) mass is 422 g/mol. The maximum Gasteiger partial charge on any atom is 0.315 e. The second-order valence-corrected chi connectivity index (χ2v) is 8.34. The van der Waals surface area contributed by atoms with Crippen molar-refractivity contribution in [3.05, 3.63) is 66.2 Å². The highest BCUT2D eigenvalue weighted by Crippen LogP contribution is 2.24. The summed E-state index contributed by atoms with van der Waals surface area (Å²) in [6, 6.07) is 20.5. The van der Waals surface area contributed by atoms with E-state index in [4.69, 9.17) is 4.74 Å². The predicted octanol–water partition coefficient (Wildman–Crippen LogP) is 4.32. The lowest BCUT2D eigenvalue weighted by atomic mass is 9.89. The fourth-order valence-electron chi connectivity index (χ4n) is 4.32. The molecule has 1 unspecified atom stereocenters. The molecule has 2 aromatic rings. The lowest BCUT2D eigenvalue weighted by molar-refractivity contribution is -0.145. The van der Waals surface area contributed by atoms with Gasteiger partial charge in [0.25, 0.3) is 0 Å². The molecule has 0 bridgehead atoms. The Balaban J connectivity index is 1.58. The molecule has 1 atom stereocenters. The van der Waals surface area contributed by atoms with Crippen LogP contribution in [0.3, 0.4) is 0 Å². The van der Waals surface area contributed by atoms with Crippen molar-refractivity contribution in [2.45, 2.75) is 45.6 Å². The summed E-state index contributed by atoms with van der Waals surface area (Å²) in [4.78, 5) is 29.0. The number of anilines is 1. The standard InChI is InChI=1S/C26H34N2O3/c1-3-31-26(30)19-25(29)28(24-12-8-5-9-13-24)20-21(2)27-16-14-23(15-17-27)18-22-10-6-4-7-11-22/h4-13,21,23H,3,14-20H2,1-2H3. The Labute approximate surface area is 186 Å². The minimum Gasteiger partial charge on any atom is -0.466 e. The number of para-hydroxylation sites is 1. The number of piperidine rings is 1. The molecule has 31 heavy (non-hydrogen) atoms. The third-order valence-corrected chi connectivity index (χ3v) is 6.06. The number of likely N-dealkylation sites (tertiary alicyclic amines) is 1. The minimum atomic E-state index is -0.470. The Bertz CT molecular complexity index is 817. The number of carbonyl (C=O) groups excluding carboxylic acids is 2. The first kappa shape index (κ1) is 23.0. The van der Waals surface area contributed by atoms with Gasteiger partial charge in [-0.2, -0.15) is 0 Å². The van der Waals surface area contributed by atoms with Gasteiger partial charge in [-0.25, -0.2) is 0 Å². The van der Waals surface area contributed by atoms with E-state index in [2.05, 4.69) is 42.2 Å². The predicted molar refractivity (Wildman–Crippen MR) is 124 cm³/mol. The maximum atomic E-state index is 12.9. The Morgan fingerprint density at radius 2 is 1.65 bits per heavy atom. The number of esters is 1. The van der Waals surface area contributed by atoms with Crippen molar-refractivity contribution in [3.63, 3.8) is 0 Å². The van der Waals surface area contributed by atoms with Gasteiger partial charge in [0, 0.05) is 18.3 Å². The van der Waals surface area contributed by atoms with Crippen LogP contribution in [0.15, 0.2) is 60.7 Å². The molecule has 1 heterocycles. The molecule has 5 heteroatoms. The van der Waals surface area contributed by atoms with E-state index in [9.17, 15) is 9.59 Å². The zero-order valence-corrected chi connectivity index (χ0v) is 18.7. The molecule has 0 spiro atoms. The van der Waals surface area contributed by atoms with Crippen LogP contribution in [0.2, 0.25) is 0 Å². The molecule has 3 rings (SSSR count). The quantitative estimate of drug-likeness (QED) is 0.446. The van der Waals surface area contributed by atoms with Crippen LogP contribution in [0.5, 0.6) is 0 Å². The summed E-state index contributed by atoms with van der Waals surface area (Å²) in [5, 5.41) is 0. The van der Waals surface area contributed by atoms with Gasteiger partial charge >= 0.3 is 5.97 Å². The van der Waals surface area contributed by atoms with Gasteiger partial charge in [-0.15, -0.1) is 0 Å². The van der Waals surface area contributed by atoms with Crippen molar-refractivity contribution >= 4 is 17.6 Å². The summed E-state index contributed by atoms with van der Waals surface area (Å²) in [6.45, 7) is 6.84. The van der Waals surface area contributed by atoms with Crippen LogP contribution in [0, 0.1) is 5.92 Å². The Morgan fingerprint density at radius 3 is 2.26 bits per heavy atom. The number of hydrogen-bond acceptors (Lipinski definition) is 4. The molecule has 0 radical (unpaired) electrons. The molecule has 1 aliphatic rings. The first-order chi connectivity index (χ1) is 15.1. The van der Waals surface area contributed by atoms with Crippen LogP contribution in [-0.2, 0) is 20.7 Å². The van der Waals surface area contributed by atoms with Gasteiger partial charge in [-0.3, -0.25) is 14.5 Å². The molecule has 0 saturated carbocycles. The van der Waals surface area contributed by atoms with E-state index in [-0.39, 0.29) is 25.0 Å². The van der Waals surface area contributed by atoms with E-state index in [1.54, 1.807) is 11.8 Å². The highest BCUT2D eigenvalue weighted by Gasteiger charge is 2.27. The second-order valence-electron chi connectivity index (χ2n) is 8.34. The van der Waals surface area contributed by atoms with Crippen LogP contribution in [0.25, 0.3) is 0 Å². The zero-order valence-electron chi connectivity index (χ0n) is 18.7. The third-order valence-electron chi connectivity index (χ3n) is 6.06. The number of amides is 1. The van der Waals surface area contributed by atoms with Gasteiger partial charge in [-0.05, 0) is 69.8 Å². The van der Waals surface area contributed by atoms with E-state index in [1.807, 2.05) is 30.3 Å². The van der Waals surface area contributed by atoms with Crippen molar-refractivity contribution in [3.8, 4) is 0 Å². The molecular formula is C26H34N2O3. The van der Waals surface area contributed by atoms with Gasteiger partial charge in [-0.1, -0.05) is 48.5 Å². The number of nitrogens with zero attached hydrogens (tertiary/aromatic N) is 2. The molecule has 1 aliphatic heterocycles. The molecule has 1 amide bonds. The van der Waals surface area contributed by atoms with Crippen molar-refractivity contribution in [2.75, 3.05) is 31.1 Å². The molecule has 0 aliphatic carbocycles. The van der Waals surface area contributed by atoms with E-state index in [0.29, 0.717) is 12.5 Å². The first-order valence-corrected chi connectivity index (χ1v) is 11.4. The van der Waals surface area contributed by atoms with E-state index >= 15 is 0 Å². The summed E-state index contributed by atoms with van der Waals surface area (Å²) in [5.74, 6) is 0.0276. The maximum absolute atomic E-state index is 12.9. The van der Waals surface area contributed by atoms with Crippen molar-refractivity contribution in [1.82, 2.24) is 4.90 Å². The van der Waals surface area contributed by atoms with Crippen molar-refractivity contribution in [2.24, 2.45) is 5.92 Å². The van der Waals surface area contributed by atoms with Gasteiger partial charge in [0.1, 0.15) is 6.42 Å².